The number of nitrogens with zero attached hydrogens (tertiary/aromatic N) is 1. The van der Waals surface area contributed by atoms with Crippen molar-refractivity contribution in [3.8, 4) is 11.5 Å². The third-order valence-corrected chi connectivity index (χ3v) is 5.04. The van der Waals surface area contributed by atoms with Gasteiger partial charge < -0.3 is 24.8 Å². The molecular formula is C22H26FN3O5. The summed E-state index contributed by atoms with van der Waals surface area (Å²) in [6.45, 7) is 2.70. The van der Waals surface area contributed by atoms with Crippen LogP contribution >= 0.6 is 0 Å². The van der Waals surface area contributed by atoms with Crippen LogP contribution in [0, 0.1) is 5.82 Å². The van der Waals surface area contributed by atoms with Gasteiger partial charge >= 0.3 is 11.8 Å². The molecule has 2 N–H and O–H groups in total. The number of rotatable bonds is 7. The average molecular weight is 431 g/mol. The van der Waals surface area contributed by atoms with Crippen molar-refractivity contribution in [1.82, 2.24) is 10.2 Å². The van der Waals surface area contributed by atoms with E-state index in [1.165, 1.54) is 26.4 Å². The van der Waals surface area contributed by atoms with Gasteiger partial charge in [-0.15, -0.1) is 0 Å². The summed E-state index contributed by atoms with van der Waals surface area (Å²) in [5.74, 6) is -0.952. The van der Waals surface area contributed by atoms with Crippen LogP contribution in [0.5, 0.6) is 11.5 Å². The molecule has 166 valence electrons. The summed E-state index contributed by atoms with van der Waals surface area (Å²) in [5, 5.41) is 5.23. The Balaban J connectivity index is 1.64. The van der Waals surface area contributed by atoms with Gasteiger partial charge in [0.2, 0.25) is 0 Å². The van der Waals surface area contributed by atoms with Gasteiger partial charge in [-0.3, -0.25) is 14.5 Å². The molecule has 2 aromatic carbocycles. The van der Waals surface area contributed by atoms with Gasteiger partial charge in [-0.1, -0.05) is 12.1 Å². The fraction of sp³-hybridized carbons (Fsp3) is 0.364. The number of benzene rings is 2. The second-order valence-electron chi connectivity index (χ2n) is 6.95. The number of morpholine rings is 1. The van der Waals surface area contributed by atoms with E-state index < -0.39 is 11.8 Å². The molecule has 9 heteroatoms. The lowest BCUT2D eigenvalue weighted by molar-refractivity contribution is -0.136. The highest BCUT2D eigenvalue weighted by Crippen LogP contribution is 2.29. The average Bonchev–Trinajstić information content (AvgIpc) is 2.80. The van der Waals surface area contributed by atoms with Crippen LogP contribution in [0.1, 0.15) is 11.6 Å². The fourth-order valence-electron chi connectivity index (χ4n) is 3.40. The Labute approximate surface area is 180 Å². The number of nitrogens with one attached hydrogen (secondary N) is 2. The van der Waals surface area contributed by atoms with Crippen LogP contribution in [0.2, 0.25) is 0 Å². The van der Waals surface area contributed by atoms with Crippen molar-refractivity contribution in [2.24, 2.45) is 0 Å². The summed E-state index contributed by atoms with van der Waals surface area (Å²) < 4.78 is 29.1. The number of methoxy groups -OCH3 is 2. The molecule has 1 saturated heterocycles. The number of amides is 2. The Morgan fingerprint density at radius 2 is 1.71 bits per heavy atom. The number of carbonyl (C=O) groups excluding carboxylic acids is 2. The van der Waals surface area contributed by atoms with Crippen LogP contribution in [0.15, 0.2) is 42.5 Å². The lowest BCUT2D eigenvalue weighted by atomic mass is 10.0. The molecule has 1 aliphatic rings. The minimum atomic E-state index is -0.799. The van der Waals surface area contributed by atoms with Crippen molar-refractivity contribution in [3.63, 3.8) is 0 Å². The zero-order valence-corrected chi connectivity index (χ0v) is 17.5. The first-order chi connectivity index (χ1) is 15.0. The number of carbonyl (C=O) groups is 2. The molecule has 0 bridgehead atoms. The second kappa shape index (κ2) is 10.7. The molecule has 0 radical (unpaired) electrons. The summed E-state index contributed by atoms with van der Waals surface area (Å²) in [7, 11) is 2.99. The van der Waals surface area contributed by atoms with Gasteiger partial charge in [0.15, 0.2) is 11.5 Å². The quantitative estimate of drug-likeness (QED) is 0.652. The first-order valence-corrected chi connectivity index (χ1v) is 9.90. The van der Waals surface area contributed by atoms with Gasteiger partial charge in [-0.05, 0) is 29.8 Å². The molecule has 31 heavy (non-hydrogen) atoms. The Kier molecular flexibility index (Phi) is 7.80. The van der Waals surface area contributed by atoms with Gasteiger partial charge in [0, 0.05) is 31.4 Å². The maximum Gasteiger partial charge on any atom is 0.313 e. The molecule has 3 rings (SSSR count). The Bertz CT molecular complexity index is 901. The van der Waals surface area contributed by atoms with E-state index >= 15 is 0 Å². The highest BCUT2D eigenvalue weighted by Gasteiger charge is 2.24. The maximum absolute atomic E-state index is 13.3. The summed E-state index contributed by atoms with van der Waals surface area (Å²) in [6, 6.07) is 10.7. The van der Waals surface area contributed by atoms with E-state index in [4.69, 9.17) is 14.2 Å². The number of hydrogen-bond acceptors (Lipinski definition) is 6. The van der Waals surface area contributed by atoms with Crippen molar-refractivity contribution >= 4 is 17.5 Å². The molecule has 2 amide bonds. The van der Waals surface area contributed by atoms with E-state index in [1.807, 2.05) is 0 Å². The zero-order chi connectivity index (χ0) is 22.2. The molecule has 0 aromatic heterocycles. The van der Waals surface area contributed by atoms with E-state index in [0.29, 0.717) is 43.5 Å². The van der Waals surface area contributed by atoms with E-state index in [9.17, 15) is 14.0 Å². The molecule has 1 heterocycles. The molecule has 0 spiro atoms. The van der Waals surface area contributed by atoms with Gasteiger partial charge in [0.25, 0.3) is 0 Å². The van der Waals surface area contributed by atoms with E-state index in [-0.39, 0.29) is 18.4 Å². The molecule has 2 aromatic rings. The fourth-order valence-corrected chi connectivity index (χ4v) is 3.40. The van der Waals surface area contributed by atoms with Gasteiger partial charge in [0.05, 0.1) is 33.5 Å². The third kappa shape index (κ3) is 5.93. The third-order valence-electron chi connectivity index (χ3n) is 5.04. The van der Waals surface area contributed by atoms with Crippen molar-refractivity contribution in [2.45, 2.75) is 6.04 Å². The Morgan fingerprint density at radius 3 is 2.35 bits per heavy atom. The normalized spacial score (nSPS) is 15.1. The number of ether oxygens (including phenoxy) is 3. The van der Waals surface area contributed by atoms with Crippen LogP contribution in [0.4, 0.5) is 10.1 Å². The van der Waals surface area contributed by atoms with E-state index in [0.717, 1.165) is 5.56 Å². The van der Waals surface area contributed by atoms with E-state index in [2.05, 4.69) is 15.5 Å². The largest absolute Gasteiger partial charge is 0.493 e. The predicted molar refractivity (Wildman–Crippen MR) is 113 cm³/mol. The number of hydrogen-bond donors (Lipinski definition) is 2. The lowest BCUT2D eigenvalue weighted by Crippen LogP contribution is -2.45. The van der Waals surface area contributed by atoms with Crippen LogP contribution in [-0.4, -0.2) is 63.8 Å². The molecular weight excluding hydrogens is 405 g/mol. The predicted octanol–water partition coefficient (Wildman–Crippen LogP) is 1.97. The van der Waals surface area contributed by atoms with Crippen molar-refractivity contribution in [2.75, 3.05) is 52.4 Å². The number of anilines is 1. The van der Waals surface area contributed by atoms with Crippen LogP contribution in [-0.2, 0) is 14.3 Å². The molecule has 1 fully saturated rings. The molecule has 8 nitrogen and oxygen atoms in total. The minimum Gasteiger partial charge on any atom is -0.493 e. The van der Waals surface area contributed by atoms with Crippen molar-refractivity contribution in [1.29, 1.82) is 0 Å². The maximum atomic E-state index is 13.3. The number of halogens is 1. The standard InChI is InChI=1S/C22H26FN3O5/c1-29-19-8-7-17(13-20(19)30-2)25-22(28)21(27)24-14-18(26-9-11-31-12-10-26)15-3-5-16(23)6-4-15/h3-8,13,18H,9-12,14H2,1-2H3,(H,24,27)(H,25,28)/t18-/m0/s1. The molecule has 0 saturated carbocycles. The van der Waals surface area contributed by atoms with Crippen LogP contribution in [0.3, 0.4) is 0 Å². The van der Waals surface area contributed by atoms with Crippen molar-refractivity contribution in [3.05, 3.63) is 53.8 Å². The SMILES string of the molecule is COc1ccc(NC(=O)C(=O)NC[C@@H](c2ccc(F)cc2)N2CCOCC2)cc1OC. The van der Waals surface area contributed by atoms with Crippen LogP contribution in [0.25, 0.3) is 0 Å². The topological polar surface area (TPSA) is 89.1 Å². The van der Waals surface area contributed by atoms with Gasteiger partial charge in [-0.2, -0.15) is 0 Å². The second-order valence-corrected chi connectivity index (χ2v) is 6.95. The lowest BCUT2D eigenvalue weighted by Gasteiger charge is -2.34. The van der Waals surface area contributed by atoms with Crippen LogP contribution < -0.4 is 20.1 Å². The first kappa shape index (κ1) is 22.5. The van der Waals surface area contributed by atoms with Gasteiger partial charge in [-0.25, -0.2) is 4.39 Å². The smallest absolute Gasteiger partial charge is 0.313 e. The Morgan fingerprint density at radius 1 is 1.03 bits per heavy atom. The summed E-state index contributed by atoms with van der Waals surface area (Å²) in [6.07, 6.45) is 0. The summed E-state index contributed by atoms with van der Waals surface area (Å²) in [5.41, 5.74) is 1.25. The summed E-state index contributed by atoms with van der Waals surface area (Å²) in [4.78, 5) is 26.9. The highest BCUT2D eigenvalue weighted by molar-refractivity contribution is 6.39. The minimum absolute atomic E-state index is 0.198. The zero-order valence-electron chi connectivity index (χ0n) is 17.5. The molecule has 0 unspecified atom stereocenters. The van der Waals surface area contributed by atoms with Gasteiger partial charge in [0.1, 0.15) is 5.82 Å². The Hall–Kier alpha value is -3.17. The molecule has 0 aliphatic carbocycles. The van der Waals surface area contributed by atoms with E-state index in [1.54, 1.807) is 30.3 Å². The monoisotopic (exact) mass is 431 g/mol. The first-order valence-electron chi connectivity index (χ1n) is 9.90. The molecule has 1 atom stereocenters. The molecule has 1 aliphatic heterocycles. The highest BCUT2D eigenvalue weighted by atomic mass is 19.1. The summed E-state index contributed by atoms with van der Waals surface area (Å²) >= 11 is 0. The van der Waals surface area contributed by atoms with Crippen molar-refractivity contribution < 1.29 is 28.2 Å².